The maximum Gasteiger partial charge on any atom is 0.153 e. The van der Waals surface area contributed by atoms with Crippen LogP contribution >= 0.6 is 0 Å². The number of para-hydroxylation sites is 2. The van der Waals surface area contributed by atoms with Crippen LogP contribution < -0.4 is 0 Å². The Balaban J connectivity index is 0.000000161. The second-order valence-electron chi connectivity index (χ2n) is 9.82. The Kier molecular flexibility index (Phi) is 8.74. The van der Waals surface area contributed by atoms with Gasteiger partial charge in [0, 0.05) is 42.6 Å². The van der Waals surface area contributed by atoms with Crippen molar-refractivity contribution in [1.82, 2.24) is 24.5 Å². The SMILES string of the molecule is [Ir].[c-]1ccccc1-c1ccc(-n2c3ccccc3c3ccccc32)cn1.[c-]1ccccc1-c1ncnc(-c2ccccc2)n1. The molecule has 0 amide bonds. The average Bonchev–Trinajstić information content (AvgIpc) is 3.44. The number of pyridine rings is 1. The zero-order chi connectivity index (χ0) is 28.8. The Morgan fingerprint density at radius 3 is 1.70 bits per heavy atom. The van der Waals surface area contributed by atoms with Gasteiger partial charge in [-0.15, -0.1) is 71.8 Å². The Hall–Kier alpha value is -5.29. The molecule has 1 radical (unpaired) electrons. The van der Waals surface area contributed by atoms with Gasteiger partial charge in [0.15, 0.2) is 5.82 Å². The van der Waals surface area contributed by atoms with Gasteiger partial charge < -0.3 is 9.55 Å². The standard InChI is InChI=1S/C23H15N2.C15H10N3.Ir/c1-2-8-17(9-3-1)21-15-14-18(16-24-21)25-22-12-6-4-10-19(22)20-11-5-7-13-23(20)25;1-3-7-12(8-4-1)14-16-11-17-15(18-14)13-9-5-2-6-10-13;/h1-8,10-16H;1-9,11H;/q2*-1;. The summed E-state index contributed by atoms with van der Waals surface area (Å²) in [6.45, 7) is 0. The van der Waals surface area contributed by atoms with Crippen molar-refractivity contribution in [3.05, 3.63) is 164 Å². The first-order valence-corrected chi connectivity index (χ1v) is 14.0. The molecular formula is C38H25IrN5-2. The third kappa shape index (κ3) is 5.95. The number of fused-ring (bicyclic) bond motifs is 3. The molecule has 0 aliphatic heterocycles. The normalized spacial score (nSPS) is 10.5. The van der Waals surface area contributed by atoms with Crippen molar-refractivity contribution in [1.29, 1.82) is 0 Å². The largest absolute Gasteiger partial charge is 0.308 e. The molecule has 0 saturated carbocycles. The van der Waals surface area contributed by atoms with Crippen LogP contribution in [0.1, 0.15) is 0 Å². The van der Waals surface area contributed by atoms with E-state index >= 15 is 0 Å². The maximum absolute atomic E-state index is 4.67. The molecular weight excluding hydrogens is 719 g/mol. The van der Waals surface area contributed by atoms with Gasteiger partial charge in [0.2, 0.25) is 0 Å². The van der Waals surface area contributed by atoms with E-state index in [1.807, 2.05) is 85.1 Å². The van der Waals surface area contributed by atoms with E-state index in [0.717, 1.165) is 28.1 Å². The summed E-state index contributed by atoms with van der Waals surface area (Å²) < 4.78 is 2.27. The van der Waals surface area contributed by atoms with E-state index in [1.165, 1.54) is 28.1 Å². The third-order valence-corrected chi connectivity index (χ3v) is 7.12. The van der Waals surface area contributed by atoms with E-state index in [4.69, 9.17) is 0 Å². The van der Waals surface area contributed by atoms with Crippen LogP contribution in [0.2, 0.25) is 0 Å². The molecule has 0 aliphatic rings. The van der Waals surface area contributed by atoms with E-state index in [9.17, 15) is 0 Å². The molecule has 3 aromatic heterocycles. The number of hydrogen-bond donors (Lipinski definition) is 0. The topological polar surface area (TPSA) is 56.5 Å². The van der Waals surface area contributed by atoms with Crippen molar-refractivity contribution in [2.45, 2.75) is 0 Å². The average molecular weight is 744 g/mol. The smallest absolute Gasteiger partial charge is 0.153 e. The van der Waals surface area contributed by atoms with Crippen LogP contribution in [0.25, 0.3) is 61.5 Å². The van der Waals surface area contributed by atoms with Gasteiger partial charge in [-0.25, -0.2) is 4.98 Å². The fourth-order valence-corrected chi connectivity index (χ4v) is 5.12. The van der Waals surface area contributed by atoms with Crippen LogP contribution in [0.15, 0.2) is 152 Å². The molecule has 44 heavy (non-hydrogen) atoms. The van der Waals surface area contributed by atoms with Crippen LogP contribution in [0.4, 0.5) is 0 Å². The van der Waals surface area contributed by atoms with E-state index in [-0.39, 0.29) is 20.1 Å². The van der Waals surface area contributed by atoms with Crippen molar-refractivity contribution in [3.63, 3.8) is 0 Å². The van der Waals surface area contributed by atoms with Crippen molar-refractivity contribution in [3.8, 4) is 39.7 Å². The predicted molar refractivity (Wildman–Crippen MR) is 172 cm³/mol. The van der Waals surface area contributed by atoms with E-state index < -0.39 is 0 Å². The Bertz CT molecular complexity index is 2000. The van der Waals surface area contributed by atoms with Gasteiger partial charge in [-0.2, -0.15) is 0 Å². The molecule has 6 heteroatoms. The minimum absolute atomic E-state index is 0. The van der Waals surface area contributed by atoms with Crippen LogP contribution in [-0.4, -0.2) is 24.5 Å². The number of rotatable bonds is 4. The summed E-state index contributed by atoms with van der Waals surface area (Å²) in [6.07, 6.45) is 3.47. The van der Waals surface area contributed by atoms with Gasteiger partial charge in [0.1, 0.15) is 6.33 Å². The van der Waals surface area contributed by atoms with E-state index in [2.05, 4.69) is 97.3 Å². The first-order valence-electron chi connectivity index (χ1n) is 14.0. The molecule has 0 spiro atoms. The van der Waals surface area contributed by atoms with Crippen molar-refractivity contribution >= 4 is 21.8 Å². The summed E-state index contributed by atoms with van der Waals surface area (Å²) in [5.74, 6) is 1.32. The van der Waals surface area contributed by atoms with Crippen molar-refractivity contribution in [2.24, 2.45) is 0 Å². The molecule has 0 atom stereocenters. The van der Waals surface area contributed by atoms with Gasteiger partial charge in [0.05, 0.1) is 22.5 Å². The molecule has 3 heterocycles. The van der Waals surface area contributed by atoms with E-state index in [0.29, 0.717) is 11.6 Å². The summed E-state index contributed by atoms with van der Waals surface area (Å²) >= 11 is 0. The second-order valence-corrected chi connectivity index (χ2v) is 9.82. The third-order valence-electron chi connectivity index (χ3n) is 7.12. The summed E-state index contributed by atoms with van der Waals surface area (Å²) in [5.41, 5.74) is 7.27. The zero-order valence-electron chi connectivity index (χ0n) is 23.5. The Morgan fingerprint density at radius 1 is 0.500 bits per heavy atom. The predicted octanol–water partition coefficient (Wildman–Crippen LogP) is 8.65. The Labute approximate surface area is 269 Å². The fraction of sp³-hybridized carbons (Fsp3) is 0. The van der Waals surface area contributed by atoms with E-state index in [1.54, 1.807) is 0 Å². The first-order chi connectivity index (χ1) is 21.3. The van der Waals surface area contributed by atoms with Gasteiger partial charge in [-0.1, -0.05) is 72.8 Å². The molecule has 0 unspecified atom stereocenters. The van der Waals surface area contributed by atoms with Crippen molar-refractivity contribution in [2.75, 3.05) is 0 Å². The van der Waals surface area contributed by atoms with Gasteiger partial charge >= 0.3 is 0 Å². The first kappa shape index (κ1) is 28.8. The number of hydrogen-bond acceptors (Lipinski definition) is 4. The molecule has 8 aromatic rings. The quantitative estimate of drug-likeness (QED) is 0.170. The number of nitrogens with zero attached hydrogens (tertiary/aromatic N) is 5. The monoisotopic (exact) mass is 744 g/mol. The van der Waals surface area contributed by atoms with Crippen LogP contribution in [-0.2, 0) is 20.1 Å². The minimum Gasteiger partial charge on any atom is -0.308 e. The van der Waals surface area contributed by atoms with Gasteiger partial charge in [-0.05, 0) is 23.9 Å². The molecule has 0 saturated heterocycles. The molecule has 213 valence electrons. The number of benzene rings is 5. The van der Waals surface area contributed by atoms with Gasteiger partial charge in [0.25, 0.3) is 0 Å². The van der Waals surface area contributed by atoms with Crippen molar-refractivity contribution < 1.29 is 20.1 Å². The molecule has 0 bridgehead atoms. The maximum atomic E-state index is 4.67. The van der Waals surface area contributed by atoms with Crippen LogP contribution in [0.5, 0.6) is 0 Å². The molecule has 8 rings (SSSR count). The van der Waals surface area contributed by atoms with Crippen LogP contribution in [0.3, 0.4) is 0 Å². The molecule has 0 aliphatic carbocycles. The minimum atomic E-state index is 0. The summed E-state index contributed by atoms with van der Waals surface area (Å²) in [6, 6.07) is 53.0. The van der Waals surface area contributed by atoms with Gasteiger partial charge in [-0.3, -0.25) is 9.97 Å². The summed E-state index contributed by atoms with van der Waals surface area (Å²) in [5, 5.41) is 2.53. The molecule has 5 aromatic carbocycles. The molecule has 0 fully saturated rings. The number of aromatic nitrogens is 5. The Morgan fingerprint density at radius 2 is 1.09 bits per heavy atom. The van der Waals surface area contributed by atoms with Crippen LogP contribution in [0, 0.1) is 12.1 Å². The zero-order valence-corrected chi connectivity index (χ0v) is 25.9. The molecule has 0 N–H and O–H groups in total. The second kappa shape index (κ2) is 13.3. The fourth-order valence-electron chi connectivity index (χ4n) is 5.12. The molecule has 5 nitrogen and oxygen atoms in total. The summed E-state index contributed by atoms with van der Waals surface area (Å²) in [4.78, 5) is 17.5. The summed E-state index contributed by atoms with van der Waals surface area (Å²) in [7, 11) is 0.